The molecule has 92 valence electrons. The number of hydrazone groups is 1. The van der Waals surface area contributed by atoms with Crippen LogP contribution in [0.5, 0.6) is 0 Å². The number of esters is 1. The Morgan fingerprint density at radius 2 is 2.12 bits per heavy atom. The van der Waals surface area contributed by atoms with Crippen LogP contribution < -0.4 is 16.9 Å². The summed E-state index contributed by atoms with van der Waals surface area (Å²) in [6, 6.07) is -1.14. The van der Waals surface area contributed by atoms with Gasteiger partial charge in [0.2, 0.25) is 0 Å². The van der Waals surface area contributed by atoms with Crippen LogP contribution in [0.3, 0.4) is 0 Å². The van der Waals surface area contributed by atoms with Crippen LogP contribution in [-0.2, 0) is 9.53 Å². The number of rotatable bonds is 4. The molecule has 0 fully saturated rings. The second-order valence-corrected chi connectivity index (χ2v) is 4.30. The van der Waals surface area contributed by atoms with E-state index in [1.165, 1.54) is 6.21 Å². The van der Waals surface area contributed by atoms with Gasteiger partial charge in [0.15, 0.2) is 0 Å². The van der Waals surface area contributed by atoms with Gasteiger partial charge in [-0.15, -0.1) is 0 Å². The molecule has 1 atom stereocenters. The first-order chi connectivity index (χ1) is 7.20. The smallest absolute Gasteiger partial charge is 0.332 e. The molecular formula is C9H19N4O3+. The normalized spacial score (nSPS) is 13.5. The van der Waals surface area contributed by atoms with Crippen molar-refractivity contribution >= 4 is 18.2 Å². The number of quaternary nitrogens is 1. The lowest BCUT2D eigenvalue weighted by atomic mass is 10.2. The Balaban J connectivity index is 3.96. The van der Waals surface area contributed by atoms with Gasteiger partial charge < -0.3 is 16.2 Å². The van der Waals surface area contributed by atoms with Crippen molar-refractivity contribution in [3.05, 3.63) is 0 Å². The zero-order chi connectivity index (χ0) is 12.8. The first kappa shape index (κ1) is 14.4. The summed E-state index contributed by atoms with van der Waals surface area (Å²) in [4.78, 5) is 21.6. The van der Waals surface area contributed by atoms with E-state index in [0.29, 0.717) is 0 Å². The lowest BCUT2D eigenvalue weighted by Crippen LogP contribution is -2.63. The third kappa shape index (κ3) is 8.95. The number of nitrogens with two attached hydrogens (primary N) is 1. The fourth-order valence-corrected chi connectivity index (χ4v) is 0.856. The van der Waals surface area contributed by atoms with Crippen LogP contribution in [0.1, 0.15) is 27.2 Å². The molecular weight excluding hydrogens is 212 g/mol. The molecule has 0 saturated heterocycles. The fraction of sp³-hybridized carbons (Fsp3) is 0.667. The molecule has 0 aromatic rings. The molecule has 0 aliphatic rings. The van der Waals surface area contributed by atoms with Gasteiger partial charge in [0.1, 0.15) is 18.1 Å². The Bertz CT molecular complexity index is 283. The fourth-order valence-electron chi connectivity index (χ4n) is 0.856. The number of amides is 2. The summed E-state index contributed by atoms with van der Waals surface area (Å²) >= 11 is 0. The lowest BCUT2D eigenvalue weighted by Gasteiger charge is -2.19. The number of nitrogens with zero attached hydrogens (tertiary/aromatic N) is 1. The number of hydrogen-bond donors (Lipinski definition) is 3. The molecule has 16 heavy (non-hydrogen) atoms. The summed E-state index contributed by atoms with van der Waals surface area (Å²) in [5.74, 6) is -0.363. The molecule has 0 unspecified atom stereocenters. The molecule has 0 radical (unpaired) electrons. The van der Waals surface area contributed by atoms with Gasteiger partial charge in [-0.3, -0.25) is 4.79 Å². The number of carbonyl (C=O) groups is 2. The van der Waals surface area contributed by atoms with E-state index in [1.807, 2.05) is 5.43 Å². The van der Waals surface area contributed by atoms with Crippen molar-refractivity contribution in [3.8, 4) is 0 Å². The number of carbonyl (C=O) groups excluding carboxylic acids is 2. The van der Waals surface area contributed by atoms with E-state index < -0.39 is 11.6 Å². The highest BCUT2D eigenvalue weighted by atomic mass is 16.6. The first-order valence-corrected chi connectivity index (χ1v) is 4.84. The van der Waals surface area contributed by atoms with Crippen LogP contribution in [0.2, 0.25) is 0 Å². The van der Waals surface area contributed by atoms with Gasteiger partial charge in [0.05, 0.1) is 6.21 Å². The van der Waals surface area contributed by atoms with Crippen molar-refractivity contribution < 1.29 is 20.1 Å². The Labute approximate surface area is 94.2 Å². The quantitative estimate of drug-likeness (QED) is 0.326. The molecule has 0 aliphatic carbocycles. The molecule has 0 spiro atoms. The number of nitrogens with one attached hydrogen (secondary N) is 1. The minimum absolute atomic E-state index is 0.0984. The minimum atomic E-state index is -0.763. The maximum absolute atomic E-state index is 11.3. The molecule has 0 aromatic carbocycles. The molecule has 7 heteroatoms. The molecule has 0 bridgehead atoms. The van der Waals surface area contributed by atoms with E-state index in [4.69, 9.17) is 10.5 Å². The molecule has 0 saturated carbocycles. The van der Waals surface area contributed by atoms with Crippen molar-refractivity contribution in [3.63, 3.8) is 0 Å². The molecule has 0 rings (SSSR count). The van der Waals surface area contributed by atoms with Crippen LogP contribution in [-0.4, -0.2) is 29.9 Å². The summed E-state index contributed by atoms with van der Waals surface area (Å²) in [5.41, 5.74) is 9.95. The van der Waals surface area contributed by atoms with Crippen molar-refractivity contribution in [1.29, 1.82) is 0 Å². The van der Waals surface area contributed by atoms with Gasteiger partial charge in [-0.1, -0.05) is 0 Å². The topological polar surface area (TPSA) is 121 Å². The number of ether oxygens (including phenoxy) is 1. The summed E-state index contributed by atoms with van der Waals surface area (Å²) in [6.07, 6.45) is 1.43. The summed E-state index contributed by atoms with van der Waals surface area (Å²) in [7, 11) is 0. The number of urea groups is 1. The van der Waals surface area contributed by atoms with E-state index in [0.717, 1.165) is 0 Å². The van der Waals surface area contributed by atoms with Crippen molar-refractivity contribution in [1.82, 2.24) is 5.43 Å². The number of primary amides is 1. The van der Waals surface area contributed by atoms with Crippen molar-refractivity contribution in [2.45, 2.75) is 38.8 Å². The van der Waals surface area contributed by atoms with Gasteiger partial charge in [-0.25, -0.2) is 10.2 Å². The van der Waals surface area contributed by atoms with Crippen LogP contribution in [0, 0.1) is 0 Å². The second kappa shape index (κ2) is 6.06. The highest BCUT2D eigenvalue weighted by Crippen LogP contribution is 2.08. The number of hydrogen-bond acceptors (Lipinski definition) is 4. The van der Waals surface area contributed by atoms with Gasteiger partial charge in [-0.2, -0.15) is 5.10 Å². The van der Waals surface area contributed by atoms with Crippen molar-refractivity contribution in [2.24, 2.45) is 10.8 Å². The molecule has 7 nitrogen and oxygen atoms in total. The molecule has 0 aliphatic heterocycles. The van der Waals surface area contributed by atoms with Gasteiger partial charge in [0, 0.05) is 0 Å². The zero-order valence-electron chi connectivity index (χ0n) is 9.82. The molecule has 0 aromatic heterocycles. The standard InChI is InChI=1S/C9H18N4O3/c1-9(2,3)16-7(14)4-6(10)5-12-13-8(11)15/h5-6H,4,10H2,1-3H3,(H3,11,13,15)/p+1/b12-5+/t6-/m0/s1. The van der Waals surface area contributed by atoms with Crippen LogP contribution >= 0.6 is 0 Å². The largest absolute Gasteiger partial charge is 0.460 e. The van der Waals surface area contributed by atoms with E-state index >= 15 is 0 Å². The van der Waals surface area contributed by atoms with E-state index in [9.17, 15) is 9.59 Å². The minimum Gasteiger partial charge on any atom is -0.460 e. The van der Waals surface area contributed by atoms with Crippen LogP contribution in [0.25, 0.3) is 0 Å². The molecule has 2 amide bonds. The third-order valence-corrected chi connectivity index (χ3v) is 1.31. The van der Waals surface area contributed by atoms with Crippen LogP contribution in [0.4, 0.5) is 4.79 Å². The van der Waals surface area contributed by atoms with Gasteiger partial charge >= 0.3 is 12.0 Å². The monoisotopic (exact) mass is 231 g/mol. The zero-order valence-corrected chi connectivity index (χ0v) is 9.82. The predicted molar refractivity (Wildman–Crippen MR) is 58.3 cm³/mol. The highest BCUT2D eigenvalue weighted by Gasteiger charge is 2.19. The average molecular weight is 231 g/mol. The maximum Gasteiger partial charge on any atom is 0.332 e. The van der Waals surface area contributed by atoms with E-state index in [-0.39, 0.29) is 18.4 Å². The summed E-state index contributed by atoms with van der Waals surface area (Å²) < 4.78 is 5.08. The molecule has 0 heterocycles. The first-order valence-electron chi connectivity index (χ1n) is 4.84. The van der Waals surface area contributed by atoms with E-state index in [1.54, 1.807) is 20.8 Å². The van der Waals surface area contributed by atoms with Gasteiger partial charge in [0.25, 0.3) is 0 Å². The Morgan fingerprint density at radius 1 is 1.56 bits per heavy atom. The summed E-state index contributed by atoms with van der Waals surface area (Å²) in [6.45, 7) is 5.35. The predicted octanol–water partition coefficient (Wildman–Crippen LogP) is -1.02. The Hall–Kier alpha value is -1.63. The van der Waals surface area contributed by atoms with Crippen molar-refractivity contribution in [2.75, 3.05) is 0 Å². The van der Waals surface area contributed by atoms with Gasteiger partial charge in [-0.05, 0) is 20.8 Å². The highest BCUT2D eigenvalue weighted by molar-refractivity contribution is 5.77. The third-order valence-electron chi connectivity index (χ3n) is 1.31. The maximum atomic E-state index is 11.3. The lowest BCUT2D eigenvalue weighted by molar-refractivity contribution is -0.393. The SMILES string of the molecule is CC(C)(C)OC(=O)C[C@H]([NH3+])/C=N/NC(N)=O. The second-order valence-electron chi connectivity index (χ2n) is 4.30. The summed E-state index contributed by atoms with van der Waals surface area (Å²) in [5, 5.41) is 3.50. The Kier molecular flexibility index (Phi) is 5.44. The average Bonchev–Trinajstić information content (AvgIpc) is 1.98. The molecule has 6 N–H and O–H groups in total. The van der Waals surface area contributed by atoms with Crippen LogP contribution in [0.15, 0.2) is 5.10 Å². The Morgan fingerprint density at radius 3 is 2.56 bits per heavy atom. The van der Waals surface area contributed by atoms with E-state index in [2.05, 4.69) is 10.8 Å².